The average Bonchev–Trinajstić information content (AvgIpc) is 2.61. The molecule has 0 saturated carbocycles. The Kier molecular flexibility index (Phi) is 7.29. The fraction of sp³-hybridized carbons (Fsp3) is 0.350. The van der Waals surface area contributed by atoms with E-state index in [0.717, 1.165) is 11.3 Å². The highest BCUT2D eigenvalue weighted by Gasteiger charge is 2.19. The van der Waals surface area contributed by atoms with E-state index in [1.165, 1.54) is 0 Å². The number of halogens is 1. The highest BCUT2D eigenvalue weighted by molar-refractivity contribution is 6.30. The van der Waals surface area contributed by atoms with E-state index in [9.17, 15) is 4.79 Å². The molecule has 2 rings (SSSR count). The van der Waals surface area contributed by atoms with Crippen molar-refractivity contribution in [2.75, 3.05) is 20.2 Å². The zero-order valence-electron chi connectivity index (χ0n) is 14.9. The lowest BCUT2D eigenvalue weighted by molar-refractivity contribution is -0.126. The number of rotatable bonds is 8. The Morgan fingerprint density at radius 1 is 1.16 bits per heavy atom. The van der Waals surface area contributed by atoms with E-state index in [2.05, 4.69) is 5.32 Å². The van der Waals surface area contributed by atoms with Gasteiger partial charge in [-0.3, -0.25) is 9.69 Å². The number of benzene rings is 2. The highest BCUT2D eigenvalue weighted by atomic mass is 35.5. The Morgan fingerprint density at radius 2 is 1.88 bits per heavy atom. The maximum Gasteiger partial charge on any atom is 0.237 e. The van der Waals surface area contributed by atoms with Gasteiger partial charge in [-0.2, -0.15) is 0 Å². The fourth-order valence-electron chi connectivity index (χ4n) is 2.42. The molecule has 5 heteroatoms. The third-order valence-corrected chi connectivity index (χ3v) is 4.44. The summed E-state index contributed by atoms with van der Waals surface area (Å²) in [6.07, 6.45) is 0. The molecule has 0 aliphatic heterocycles. The summed E-state index contributed by atoms with van der Waals surface area (Å²) in [5.74, 6) is 0.734. The van der Waals surface area contributed by atoms with Crippen LogP contribution in [0.5, 0.6) is 5.75 Å². The predicted octanol–water partition coefficient (Wildman–Crippen LogP) is 3.92. The zero-order chi connectivity index (χ0) is 18.2. The van der Waals surface area contributed by atoms with Crippen LogP contribution in [0.1, 0.15) is 25.5 Å². The molecule has 0 radical (unpaired) electrons. The molecule has 0 spiro atoms. The van der Waals surface area contributed by atoms with Gasteiger partial charge in [0.15, 0.2) is 0 Å². The Labute approximate surface area is 154 Å². The summed E-state index contributed by atoms with van der Waals surface area (Å²) in [6.45, 7) is 5.01. The molecule has 2 aromatic carbocycles. The fourth-order valence-corrected chi connectivity index (χ4v) is 2.60. The lowest BCUT2D eigenvalue weighted by atomic mass is 10.1. The number of likely N-dealkylation sites (N-methyl/N-ethyl adjacent to an activating group) is 1. The van der Waals surface area contributed by atoms with Crippen LogP contribution in [0.2, 0.25) is 5.02 Å². The van der Waals surface area contributed by atoms with E-state index in [4.69, 9.17) is 16.3 Å². The summed E-state index contributed by atoms with van der Waals surface area (Å²) in [5, 5.41) is 3.70. The number of carbonyl (C=O) groups is 1. The first-order valence-corrected chi connectivity index (χ1v) is 8.79. The Balaban J connectivity index is 1.78. The van der Waals surface area contributed by atoms with Gasteiger partial charge in [0.05, 0.1) is 12.1 Å². The van der Waals surface area contributed by atoms with E-state index in [1.807, 2.05) is 68.3 Å². The molecule has 2 atom stereocenters. The summed E-state index contributed by atoms with van der Waals surface area (Å²) in [4.78, 5) is 14.4. The van der Waals surface area contributed by atoms with Crippen molar-refractivity contribution in [1.82, 2.24) is 10.2 Å². The summed E-state index contributed by atoms with van der Waals surface area (Å²) >= 11 is 5.93. The summed E-state index contributed by atoms with van der Waals surface area (Å²) in [5.41, 5.74) is 1.09. The molecule has 0 unspecified atom stereocenters. The standard InChI is InChI=1S/C20H25ClN2O2/c1-15(17-8-5-4-6-9-17)22-20(24)16(2)23(3)12-13-25-19-11-7-10-18(21)14-19/h4-11,14-16H,12-13H2,1-3H3,(H,22,24)/t15-,16-/m0/s1. The first kappa shape index (κ1) is 19.3. The van der Waals surface area contributed by atoms with Crippen molar-refractivity contribution in [2.45, 2.75) is 25.9 Å². The van der Waals surface area contributed by atoms with Gasteiger partial charge in [0.1, 0.15) is 12.4 Å². The van der Waals surface area contributed by atoms with Crippen molar-refractivity contribution in [3.63, 3.8) is 0 Å². The van der Waals surface area contributed by atoms with Crippen molar-refractivity contribution in [2.24, 2.45) is 0 Å². The van der Waals surface area contributed by atoms with Crippen LogP contribution in [0.25, 0.3) is 0 Å². The largest absolute Gasteiger partial charge is 0.492 e. The van der Waals surface area contributed by atoms with E-state index in [0.29, 0.717) is 18.2 Å². The maximum atomic E-state index is 12.4. The van der Waals surface area contributed by atoms with Crippen LogP contribution in [0.15, 0.2) is 54.6 Å². The number of hydrogen-bond donors (Lipinski definition) is 1. The Bertz CT molecular complexity index is 678. The molecular formula is C20H25ClN2O2. The predicted molar refractivity (Wildman–Crippen MR) is 102 cm³/mol. The SMILES string of the molecule is C[C@H](NC(=O)[C@H](C)N(C)CCOc1cccc(Cl)c1)c1ccccc1. The highest BCUT2D eigenvalue weighted by Crippen LogP contribution is 2.17. The molecule has 1 amide bonds. The van der Waals surface area contributed by atoms with Crippen molar-refractivity contribution in [3.8, 4) is 5.75 Å². The maximum absolute atomic E-state index is 12.4. The molecular weight excluding hydrogens is 336 g/mol. The first-order valence-electron chi connectivity index (χ1n) is 8.41. The molecule has 0 heterocycles. The van der Waals surface area contributed by atoms with Gasteiger partial charge in [-0.1, -0.05) is 48.0 Å². The van der Waals surface area contributed by atoms with E-state index < -0.39 is 0 Å². The molecule has 0 aromatic heterocycles. The second kappa shape index (κ2) is 9.44. The molecule has 0 aliphatic carbocycles. The molecule has 0 saturated heterocycles. The monoisotopic (exact) mass is 360 g/mol. The second-order valence-corrected chi connectivity index (χ2v) is 6.54. The van der Waals surface area contributed by atoms with Gasteiger partial charge in [-0.25, -0.2) is 0 Å². The molecule has 25 heavy (non-hydrogen) atoms. The zero-order valence-corrected chi connectivity index (χ0v) is 15.7. The minimum absolute atomic E-state index is 0.00149. The van der Waals surface area contributed by atoms with Gasteiger partial charge < -0.3 is 10.1 Å². The van der Waals surface area contributed by atoms with Crippen molar-refractivity contribution < 1.29 is 9.53 Å². The van der Waals surface area contributed by atoms with Gasteiger partial charge in [-0.05, 0) is 44.7 Å². The normalized spacial score (nSPS) is 13.3. The van der Waals surface area contributed by atoms with Crippen molar-refractivity contribution in [1.29, 1.82) is 0 Å². The van der Waals surface area contributed by atoms with Gasteiger partial charge in [0, 0.05) is 11.6 Å². The molecule has 2 aromatic rings. The minimum atomic E-state index is -0.242. The van der Waals surface area contributed by atoms with Crippen LogP contribution in [-0.2, 0) is 4.79 Å². The third kappa shape index (κ3) is 6.07. The Hall–Kier alpha value is -2.04. The Morgan fingerprint density at radius 3 is 2.56 bits per heavy atom. The van der Waals surface area contributed by atoms with Gasteiger partial charge in [-0.15, -0.1) is 0 Å². The van der Waals surface area contributed by atoms with Crippen LogP contribution in [0, 0.1) is 0 Å². The lowest BCUT2D eigenvalue weighted by Crippen LogP contribution is -2.45. The smallest absolute Gasteiger partial charge is 0.237 e. The quantitative estimate of drug-likeness (QED) is 0.775. The topological polar surface area (TPSA) is 41.6 Å². The number of amides is 1. The average molecular weight is 361 g/mol. The summed E-state index contributed by atoms with van der Waals surface area (Å²) in [6, 6.07) is 17.0. The van der Waals surface area contributed by atoms with Gasteiger partial charge >= 0.3 is 0 Å². The molecule has 0 bridgehead atoms. The van der Waals surface area contributed by atoms with E-state index in [1.54, 1.807) is 12.1 Å². The van der Waals surface area contributed by atoms with Crippen molar-refractivity contribution >= 4 is 17.5 Å². The number of nitrogens with one attached hydrogen (secondary N) is 1. The van der Waals surface area contributed by atoms with E-state index in [-0.39, 0.29) is 18.0 Å². The van der Waals surface area contributed by atoms with Crippen molar-refractivity contribution in [3.05, 3.63) is 65.2 Å². The minimum Gasteiger partial charge on any atom is -0.492 e. The van der Waals surface area contributed by atoms with Crippen LogP contribution >= 0.6 is 11.6 Å². The molecule has 1 N–H and O–H groups in total. The van der Waals surface area contributed by atoms with Crippen LogP contribution in [0.4, 0.5) is 0 Å². The number of hydrogen-bond acceptors (Lipinski definition) is 3. The molecule has 0 fully saturated rings. The van der Waals surface area contributed by atoms with Crippen LogP contribution in [0.3, 0.4) is 0 Å². The second-order valence-electron chi connectivity index (χ2n) is 6.10. The molecule has 134 valence electrons. The van der Waals surface area contributed by atoms with Gasteiger partial charge in [0.25, 0.3) is 0 Å². The summed E-state index contributed by atoms with van der Waals surface area (Å²) in [7, 11) is 1.92. The molecule has 4 nitrogen and oxygen atoms in total. The molecule has 0 aliphatic rings. The number of ether oxygens (including phenoxy) is 1. The third-order valence-electron chi connectivity index (χ3n) is 4.21. The van der Waals surface area contributed by atoms with E-state index >= 15 is 0 Å². The number of carbonyl (C=O) groups excluding carboxylic acids is 1. The first-order chi connectivity index (χ1) is 12.0. The van der Waals surface area contributed by atoms with Crippen LogP contribution < -0.4 is 10.1 Å². The lowest BCUT2D eigenvalue weighted by Gasteiger charge is -2.25. The summed E-state index contributed by atoms with van der Waals surface area (Å²) < 4.78 is 5.68. The van der Waals surface area contributed by atoms with Gasteiger partial charge in [0.2, 0.25) is 5.91 Å². The number of nitrogens with zero attached hydrogens (tertiary/aromatic N) is 1. The van der Waals surface area contributed by atoms with Crippen LogP contribution in [-0.4, -0.2) is 37.0 Å².